The standard InChI is InChI=1S/C19H19N5OS/c1-13-4-3-8-24(12-16-21-7-9-26-16)17(13)19-22-18(23-25-19)15-6-2-5-14(10-15)11-20/h2,5-7,9-10,13,17H,3-4,8,12H2,1H3/t13-,17+/m1/s1. The molecule has 1 saturated heterocycles. The van der Waals surface area contributed by atoms with Crippen LogP contribution >= 0.6 is 11.3 Å². The molecule has 0 amide bonds. The van der Waals surface area contributed by atoms with E-state index >= 15 is 0 Å². The largest absolute Gasteiger partial charge is 0.337 e. The second-order valence-electron chi connectivity index (χ2n) is 6.61. The van der Waals surface area contributed by atoms with Crippen LogP contribution in [0.4, 0.5) is 0 Å². The van der Waals surface area contributed by atoms with Crippen molar-refractivity contribution in [1.29, 1.82) is 5.26 Å². The highest BCUT2D eigenvalue weighted by Gasteiger charge is 2.34. The molecule has 0 N–H and O–H groups in total. The summed E-state index contributed by atoms with van der Waals surface area (Å²) in [6, 6.07) is 9.52. The number of nitrogens with zero attached hydrogens (tertiary/aromatic N) is 5. The van der Waals surface area contributed by atoms with Gasteiger partial charge in [-0.25, -0.2) is 4.98 Å². The summed E-state index contributed by atoms with van der Waals surface area (Å²) in [5.74, 6) is 1.61. The van der Waals surface area contributed by atoms with Gasteiger partial charge in [-0.3, -0.25) is 4.90 Å². The molecule has 4 rings (SSSR count). The van der Waals surface area contributed by atoms with Gasteiger partial charge in [-0.05, 0) is 37.4 Å². The van der Waals surface area contributed by atoms with Crippen molar-refractivity contribution in [2.24, 2.45) is 5.92 Å². The fourth-order valence-electron chi connectivity index (χ4n) is 3.56. The van der Waals surface area contributed by atoms with E-state index in [-0.39, 0.29) is 6.04 Å². The Kier molecular flexibility index (Phi) is 4.78. The van der Waals surface area contributed by atoms with Crippen LogP contribution in [-0.4, -0.2) is 26.6 Å². The zero-order chi connectivity index (χ0) is 17.9. The predicted molar refractivity (Wildman–Crippen MR) is 98.1 cm³/mol. The third-order valence-electron chi connectivity index (χ3n) is 4.80. The molecule has 1 fully saturated rings. The molecule has 0 spiro atoms. The lowest BCUT2D eigenvalue weighted by Gasteiger charge is -2.37. The first kappa shape index (κ1) is 16.9. The van der Waals surface area contributed by atoms with E-state index < -0.39 is 0 Å². The first-order chi connectivity index (χ1) is 12.7. The summed E-state index contributed by atoms with van der Waals surface area (Å²) >= 11 is 1.67. The van der Waals surface area contributed by atoms with E-state index in [9.17, 15) is 0 Å². The molecule has 1 aliphatic rings. The van der Waals surface area contributed by atoms with Gasteiger partial charge in [-0.15, -0.1) is 11.3 Å². The lowest BCUT2D eigenvalue weighted by Crippen LogP contribution is -2.37. The number of thiazole rings is 1. The van der Waals surface area contributed by atoms with E-state index in [2.05, 4.69) is 33.0 Å². The third-order valence-corrected chi connectivity index (χ3v) is 5.57. The highest BCUT2D eigenvalue weighted by Crippen LogP contribution is 2.36. The Hall–Kier alpha value is -2.56. The lowest BCUT2D eigenvalue weighted by atomic mass is 9.90. The molecule has 7 heteroatoms. The molecule has 1 aliphatic heterocycles. The quantitative estimate of drug-likeness (QED) is 0.694. The number of likely N-dealkylation sites (tertiary alicyclic amines) is 1. The second-order valence-corrected chi connectivity index (χ2v) is 7.59. The molecule has 0 unspecified atom stereocenters. The van der Waals surface area contributed by atoms with Crippen LogP contribution in [0.5, 0.6) is 0 Å². The molecular weight excluding hydrogens is 346 g/mol. The first-order valence-electron chi connectivity index (χ1n) is 8.71. The Morgan fingerprint density at radius 2 is 2.35 bits per heavy atom. The minimum atomic E-state index is 0.0908. The SMILES string of the molecule is C[C@@H]1CCCN(Cc2nccs2)[C@@H]1c1nc(-c2cccc(C#N)c2)no1. The molecule has 2 atom stereocenters. The average Bonchev–Trinajstić information content (AvgIpc) is 3.34. The molecule has 2 aromatic heterocycles. The molecule has 1 aromatic carbocycles. The normalized spacial score (nSPS) is 20.8. The van der Waals surface area contributed by atoms with Gasteiger partial charge >= 0.3 is 0 Å². The highest BCUT2D eigenvalue weighted by atomic mass is 32.1. The van der Waals surface area contributed by atoms with E-state index in [1.807, 2.05) is 23.7 Å². The molecule has 0 bridgehead atoms. The van der Waals surface area contributed by atoms with E-state index in [0.29, 0.717) is 23.2 Å². The van der Waals surface area contributed by atoms with Gasteiger partial charge in [0.25, 0.3) is 0 Å². The average molecular weight is 365 g/mol. The van der Waals surface area contributed by atoms with E-state index in [1.165, 1.54) is 0 Å². The number of rotatable bonds is 4. The molecule has 3 aromatic rings. The minimum absolute atomic E-state index is 0.0908. The summed E-state index contributed by atoms with van der Waals surface area (Å²) in [4.78, 5) is 11.5. The molecule has 0 radical (unpaired) electrons. The Morgan fingerprint density at radius 3 is 3.15 bits per heavy atom. The molecule has 132 valence electrons. The van der Waals surface area contributed by atoms with Crippen LogP contribution in [0.3, 0.4) is 0 Å². The van der Waals surface area contributed by atoms with Gasteiger partial charge in [-0.2, -0.15) is 10.2 Å². The summed E-state index contributed by atoms with van der Waals surface area (Å²) < 4.78 is 5.65. The van der Waals surface area contributed by atoms with Crippen molar-refractivity contribution in [3.8, 4) is 17.5 Å². The maximum atomic E-state index is 9.08. The van der Waals surface area contributed by atoms with Gasteiger partial charge in [0.05, 0.1) is 24.2 Å². The smallest absolute Gasteiger partial charge is 0.244 e. The fraction of sp³-hybridized carbons (Fsp3) is 0.368. The van der Waals surface area contributed by atoms with Gasteiger partial charge in [-0.1, -0.05) is 24.2 Å². The Labute approximate surface area is 156 Å². The maximum absolute atomic E-state index is 9.08. The number of hydrogen-bond acceptors (Lipinski definition) is 7. The topological polar surface area (TPSA) is 78.8 Å². The number of benzene rings is 1. The van der Waals surface area contributed by atoms with Gasteiger partial charge in [0.15, 0.2) is 0 Å². The second kappa shape index (κ2) is 7.36. The van der Waals surface area contributed by atoms with Crippen LogP contribution in [0.25, 0.3) is 11.4 Å². The van der Waals surface area contributed by atoms with Crippen LogP contribution in [0.15, 0.2) is 40.4 Å². The predicted octanol–water partition coefficient (Wildman–Crippen LogP) is 4.04. The number of aromatic nitrogens is 3. The van der Waals surface area contributed by atoms with Crippen molar-refractivity contribution in [1.82, 2.24) is 20.0 Å². The first-order valence-corrected chi connectivity index (χ1v) is 9.59. The number of piperidine rings is 1. The van der Waals surface area contributed by atoms with Gasteiger partial charge in [0, 0.05) is 17.1 Å². The Bertz CT molecular complexity index is 914. The van der Waals surface area contributed by atoms with Crippen LogP contribution in [0.2, 0.25) is 0 Å². The Balaban J connectivity index is 1.62. The molecule has 0 saturated carbocycles. The summed E-state index contributed by atoms with van der Waals surface area (Å²) in [5.41, 5.74) is 1.39. The van der Waals surface area contributed by atoms with E-state index in [0.717, 1.165) is 36.5 Å². The zero-order valence-electron chi connectivity index (χ0n) is 14.5. The van der Waals surface area contributed by atoms with Crippen molar-refractivity contribution in [3.05, 3.63) is 52.3 Å². The molecule has 6 nitrogen and oxygen atoms in total. The highest BCUT2D eigenvalue weighted by molar-refractivity contribution is 7.09. The van der Waals surface area contributed by atoms with Crippen LogP contribution in [-0.2, 0) is 6.54 Å². The molecule has 3 heterocycles. The summed E-state index contributed by atoms with van der Waals surface area (Å²) in [5, 5.41) is 16.4. The molecular formula is C19H19N5OS. The van der Waals surface area contributed by atoms with Crippen molar-refractivity contribution < 1.29 is 4.52 Å². The van der Waals surface area contributed by atoms with Crippen LogP contribution in [0.1, 0.15) is 42.3 Å². The van der Waals surface area contributed by atoms with Gasteiger partial charge in [0.1, 0.15) is 5.01 Å². The van der Waals surface area contributed by atoms with Crippen LogP contribution in [0, 0.1) is 17.2 Å². The van der Waals surface area contributed by atoms with Crippen molar-refractivity contribution in [2.45, 2.75) is 32.4 Å². The molecule has 26 heavy (non-hydrogen) atoms. The Morgan fingerprint density at radius 1 is 1.42 bits per heavy atom. The van der Waals surface area contributed by atoms with E-state index in [4.69, 9.17) is 9.78 Å². The van der Waals surface area contributed by atoms with Gasteiger partial charge in [0.2, 0.25) is 11.7 Å². The lowest BCUT2D eigenvalue weighted by molar-refractivity contribution is 0.0683. The van der Waals surface area contributed by atoms with Gasteiger partial charge < -0.3 is 4.52 Å². The monoisotopic (exact) mass is 365 g/mol. The minimum Gasteiger partial charge on any atom is -0.337 e. The number of nitriles is 1. The summed E-state index contributed by atoms with van der Waals surface area (Å²) in [6.07, 6.45) is 4.14. The maximum Gasteiger partial charge on any atom is 0.244 e. The molecule has 0 aliphatic carbocycles. The van der Waals surface area contributed by atoms with Crippen molar-refractivity contribution in [3.63, 3.8) is 0 Å². The van der Waals surface area contributed by atoms with Crippen molar-refractivity contribution in [2.75, 3.05) is 6.54 Å². The zero-order valence-corrected chi connectivity index (χ0v) is 15.3. The number of hydrogen-bond donors (Lipinski definition) is 0. The van der Waals surface area contributed by atoms with E-state index in [1.54, 1.807) is 23.5 Å². The van der Waals surface area contributed by atoms with Crippen molar-refractivity contribution >= 4 is 11.3 Å². The summed E-state index contributed by atoms with van der Waals surface area (Å²) in [7, 11) is 0. The fourth-order valence-corrected chi connectivity index (χ4v) is 4.20. The third kappa shape index (κ3) is 3.39. The van der Waals surface area contributed by atoms with Crippen LogP contribution < -0.4 is 0 Å². The summed E-state index contributed by atoms with van der Waals surface area (Å²) in [6.45, 7) is 4.03.